The standard InChI is InChI=1S/C31H50O2SSi/c1-23(2)28-18-16-25(31(28,7)19-20-32-35(8,9)30(4,5)6)21-29-24(3)15-17-26(33-29)22-34-27-13-11-10-12-14-27/h10-16,23,26,28-29H,17-22H2,1-9H3/t26-,28-,29-,31+/m0/s1. The Bertz CT molecular complexity index is 883. The van der Waals surface area contributed by atoms with Crippen molar-refractivity contribution in [3.8, 4) is 0 Å². The fraction of sp³-hybridized carbons (Fsp3) is 0.677. The molecule has 2 nitrogen and oxygen atoms in total. The lowest BCUT2D eigenvalue weighted by molar-refractivity contribution is 0.00891. The number of ether oxygens (including phenoxy) is 1. The van der Waals surface area contributed by atoms with Crippen LogP contribution in [0.2, 0.25) is 18.1 Å². The third-order valence-electron chi connectivity index (χ3n) is 9.02. The van der Waals surface area contributed by atoms with Gasteiger partial charge >= 0.3 is 0 Å². The molecule has 35 heavy (non-hydrogen) atoms. The number of benzene rings is 1. The van der Waals surface area contributed by atoms with E-state index < -0.39 is 8.32 Å². The zero-order valence-electron chi connectivity index (χ0n) is 23.8. The van der Waals surface area contributed by atoms with Gasteiger partial charge in [0.05, 0.1) is 12.2 Å². The minimum absolute atomic E-state index is 0.186. The highest BCUT2D eigenvalue weighted by molar-refractivity contribution is 7.99. The zero-order chi connectivity index (χ0) is 25.9. The number of thioether (sulfide) groups is 1. The van der Waals surface area contributed by atoms with E-state index in [-0.39, 0.29) is 22.7 Å². The topological polar surface area (TPSA) is 18.5 Å². The van der Waals surface area contributed by atoms with E-state index in [1.807, 2.05) is 11.8 Å². The van der Waals surface area contributed by atoms with Crippen LogP contribution in [0.25, 0.3) is 0 Å². The quantitative estimate of drug-likeness (QED) is 0.176. The van der Waals surface area contributed by atoms with Gasteiger partial charge in [0.1, 0.15) is 0 Å². The first-order valence-electron chi connectivity index (χ1n) is 13.7. The molecule has 0 saturated carbocycles. The van der Waals surface area contributed by atoms with E-state index >= 15 is 0 Å². The maximum atomic E-state index is 6.72. The Morgan fingerprint density at radius 1 is 1.11 bits per heavy atom. The molecule has 3 rings (SSSR count). The predicted molar refractivity (Wildman–Crippen MR) is 156 cm³/mol. The van der Waals surface area contributed by atoms with Crippen molar-refractivity contribution in [3.63, 3.8) is 0 Å². The molecule has 1 aliphatic heterocycles. The van der Waals surface area contributed by atoms with Gasteiger partial charge in [0, 0.05) is 17.3 Å². The van der Waals surface area contributed by atoms with Crippen molar-refractivity contribution < 1.29 is 9.16 Å². The molecule has 4 atom stereocenters. The minimum atomic E-state index is -1.74. The van der Waals surface area contributed by atoms with Crippen LogP contribution in [0, 0.1) is 17.3 Å². The Morgan fingerprint density at radius 2 is 1.80 bits per heavy atom. The second-order valence-corrected chi connectivity index (χ2v) is 18.8. The van der Waals surface area contributed by atoms with Crippen molar-refractivity contribution >= 4 is 20.1 Å². The van der Waals surface area contributed by atoms with Crippen LogP contribution in [-0.2, 0) is 9.16 Å². The number of hydrogen-bond donors (Lipinski definition) is 0. The van der Waals surface area contributed by atoms with Crippen LogP contribution in [0.1, 0.15) is 74.1 Å². The number of allylic oxidation sites excluding steroid dienone is 1. The van der Waals surface area contributed by atoms with Crippen molar-refractivity contribution in [1.29, 1.82) is 0 Å². The van der Waals surface area contributed by atoms with E-state index in [1.165, 1.54) is 16.9 Å². The van der Waals surface area contributed by atoms with Gasteiger partial charge < -0.3 is 9.16 Å². The van der Waals surface area contributed by atoms with Crippen molar-refractivity contribution in [3.05, 3.63) is 53.6 Å². The van der Waals surface area contributed by atoms with Crippen molar-refractivity contribution in [2.75, 3.05) is 12.4 Å². The lowest BCUT2D eigenvalue weighted by atomic mass is 9.67. The molecule has 0 radical (unpaired) electrons. The van der Waals surface area contributed by atoms with Crippen LogP contribution in [0.3, 0.4) is 0 Å². The summed E-state index contributed by atoms with van der Waals surface area (Å²) in [4.78, 5) is 1.33. The first-order valence-corrected chi connectivity index (χ1v) is 17.6. The van der Waals surface area contributed by atoms with E-state index in [4.69, 9.17) is 9.16 Å². The van der Waals surface area contributed by atoms with E-state index in [2.05, 4.69) is 104 Å². The zero-order valence-corrected chi connectivity index (χ0v) is 25.6. The molecule has 0 unspecified atom stereocenters. The van der Waals surface area contributed by atoms with E-state index in [0.29, 0.717) is 11.8 Å². The highest BCUT2D eigenvalue weighted by Crippen LogP contribution is 2.52. The molecule has 0 fully saturated rings. The first-order chi connectivity index (χ1) is 16.3. The molecule has 1 aromatic carbocycles. The fourth-order valence-corrected chi connectivity index (χ4v) is 7.46. The average Bonchev–Trinajstić information content (AvgIpc) is 3.10. The van der Waals surface area contributed by atoms with Gasteiger partial charge in [-0.25, -0.2) is 0 Å². The fourth-order valence-electron chi connectivity index (χ4n) is 5.47. The third kappa shape index (κ3) is 7.15. The highest BCUT2D eigenvalue weighted by Gasteiger charge is 2.44. The summed E-state index contributed by atoms with van der Waals surface area (Å²) < 4.78 is 13.4. The van der Waals surface area contributed by atoms with Crippen LogP contribution >= 0.6 is 11.8 Å². The summed E-state index contributed by atoms with van der Waals surface area (Å²) in [7, 11) is -1.74. The summed E-state index contributed by atoms with van der Waals surface area (Å²) in [6, 6.07) is 10.7. The smallest absolute Gasteiger partial charge is 0.191 e. The monoisotopic (exact) mass is 514 g/mol. The first kappa shape index (κ1) is 28.8. The lowest BCUT2D eigenvalue weighted by Gasteiger charge is -2.41. The second kappa shape index (κ2) is 11.7. The summed E-state index contributed by atoms with van der Waals surface area (Å²) in [5.41, 5.74) is 3.19. The maximum absolute atomic E-state index is 6.72. The average molecular weight is 515 g/mol. The molecule has 0 bridgehead atoms. The second-order valence-electron chi connectivity index (χ2n) is 12.9. The normalized spacial score (nSPS) is 27.8. The Kier molecular flexibility index (Phi) is 9.62. The van der Waals surface area contributed by atoms with Crippen molar-refractivity contribution in [2.24, 2.45) is 17.3 Å². The van der Waals surface area contributed by atoms with Crippen molar-refractivity contribution in [2.45, 2.75) is 109 Å². The summed E-state index contributed by atoms with van der Waals surface area (Å²) in [6.45, 7) is 22.2. The summed E-state index contributed by atoms with van der Waals surface area (Å²) in [5.74, 6) is 2.36. The largest absolute Gasteiger partial charge is 0.417 e. The molecular formula is C31H50O2SSi. The molecule has 0 saturated heterocycles. The van der Waals surface area contributed by atoms with Crippen LogP contribution in [0.5, 0.6) is 0 Å². The predicted octanol–water partition coefficient (Wildman–Crippen LogP) is 9.29. The van der Waals surface area contributed by atoms with Gasteiger partial charge in [-0.2, -0.15) is 0 Å². The minimum Gasteiger partial charge on any atom is -0.417 e. The van der Waals surface area contributed by atoms with Gasteiger partial charge in [0.15, 0.2) is 8.32 Å². The summed E-state index contributed by atoms with van der Waals surface area (Å²) >= 11 is 1.91. The van der Waals surface area contributed by atoms with Gasteiger partial charge in [-0.1, -0.05) is 77.5 Å². The van der Waals surface area contributed by atoms with Gasteiger partial charge in [-0.05, 0) is 85.7 Å². The Balaban J connectivity index is 1.66. The highest BCUT2D eigenvalue weighted by atomic mass is 32.2. The van der Waals surface area contributed by atoms with Crippen LogP contribution in [-0.4, -0.2) is 32.9 Å². The van der Waals surface area contributed by atoms with Crippen LogP contribution in [0.15, 0.2) is 58.5 Å². The number of hydrogen-bond acceptors (Lipinski definition) is 3. The van der Waals surface area contributed by atoms with Crippen LogP contribution in [0.4, 0.5) is 0 Å². The Hall–Kier alpha value is -0.813. The summed E-state index contributed by atoms with van der Waals surface area (Å²) in [5, 5.41) is 0.254. The van der Waals surface area contributed by atoms with Gasteiger partial charge in [-0.15, -0.1) is 11.8 Å². The molecule has 4 heteroatoms. The molecule has 0 aromatic heterocycles. The molecule has 0 amide bonds. The van der Waals surface area contributed by atoms with Gasteiger partial charge in [-0.3, -0.25) is 0 Å². The Morgan fingerprint density at radius 3 is 2.43 bits per heavy atom. The molecule has 1 aromatic rings. The van der Waals surface area contributed by atoms with Crippen molar-refractivity contribution in [1.82, 2.24) is 0 Å². The Labute approximate surface area is 221 Å². The summed E-state index contributed by atoms with van der Waals surface area (Å²) in [6.07, 6.45) is 9.80. The van der Waals surface area contributed by atoms with Crippen LogP contribution < -0.4 is 0 Å². The SMILES string of the molecule is CC1=CC[C@@H](CSc2ccccc2)O[C@H]1CC1=CC[C@@H](C(C)C)[C@]1(C)CCO[Si](C)(C)C(C)(C)C. The van der Waals surface area contributed by atoms with E-state index in [0.717, 1.165) is 31.6 Å². The van der Waals surface area contributed by atoms with E-state index in [9.17, 15) is 0 Å². The maximum Gasteiger partial charge on any atom is 0.191 e. The molecule has 1 aliphatic carbocycles. The number of rotatable bonds is 10. The van der Waals surface area contributed by atoms with E-state index in [1.54, 1.807) is 5.57 Å². The molecule has 0 spiro atoms. The lowest BCUT2D eigenvalue weighted by Crippen LogP contribution is -2.42. The molecule has 1 heterocycles. The third-order valence-corrected chi connectivity index (χ3v) is 14.7. The molecular weight excluding hydrogens is 464 g/mol. The molecule has 0 N–H and O–H groups in total. The van der Waals surface area contributed by atoms with Gasteiger partial charge in [0.2, 0.25) is 0 Å². The van der Waals surface area contributed by atoms with Gasteiger partial charge in [0.25, 0.3) is 0 Å². The molecule has 2 aliphatic rings. The molecule has 196 valence electrons.